The topological polar surface area (TPSA) is 138 Å². The summed E-state index contributed by atoms with van der Waals surface area (Å²) in [6, 6.07) is 3.69. The lowest BCUT2D eigenvalue weighted by Gasteiger charge is -2.29. The van der Waals surface area contributed by atoms with E-state index in [1.807, 2.05) is 6.07 Å². The number of amides is 1. The molecule has 0 spiro atoms. The first kappa shape index (κ1) is 27.3. The molecule has 1 aromatic rings. The number of carbonyl (C=O) groups excluding carboxylic acids is 2. The third-order valence-electron chi connectivity index (χ3n) is 5.66. The molecule has 3 rings (SSSR count). The number of hydroxylamine groups is 1. The summed E-state index contributed by atoms with van der Waals surface area (Å²) in [6.45, 7) is 0.536. The lowest BCUT2D eigenvalue weighted by molar-refractivity contribution is -0.192. The number of aromatic nitrogens is 1. The first-order valence-electron chi connectivity index (χ1n) is 10.9. The fourth-order valence-electron chi connectivity index (χ4n) is 3.81. The van der Waals surface area contributed by atoms with Gasteiger partial charge in [-0.25, -0.2) is 10.3 Å². The molecule has 2 saturated carbocycles. The van der Waals surface area contributed by atoms with Crippen molar-refractivity contribution in [1.82, 2.24) is 15.8 Å². The molecule has 0 radical (unpaired) electrons. The van der Waals surface area contributed by atoms with Crippen LogP contribution in [0.1, 0.15) is 62.6 Å². The van der Waals surface area contributed by atoms with Crippen molar-refractivity contribution in [3.63, 3.8) is 0 Å². The van der Waals surface area contributed by atoms with Crippen LogP contribution in [0.15, 0.2) is 24.4 Å². The molecule has 0 aromatic carbocycles. The maximum atomic E-state index is 12.8. The van der Waals surface area contributed by atoms with Gasteiger partial charge in [0.1, 0.15) is 11.6 Å². The number of ether oxygens (including phenoxy) is 1. The van der Waals surface area contributed by atoms with E-state index in [0.29, 0.717) is 12.2 Å². The van der Waals surface area contributed by atoms with Crippen LogP contribution < -0.4 is 10.8 Å². The van der Waals surface area contributed by atoms with E-state index in [9.17, 15) is 22.8 Å². The van der Waals surface area contributed by atoms with Crippen molar-refractivity contribution >= 4 is 23.9 Å². The number of nitrogens with zero attached hydrogens (tertiary/aromatic N) is 1. The van der Waals surface area contributed by atoms with Gasteiger partial charge in [-0.3, -0.25) is 25.1 Å². The van der Waals surface area contributed by atoms with Crippen molar-refractivity contribution in [3.8, 4) is 0 Å². The Balaban J connectivity index is 0.000000509. The molecule has 34 heavy (non-hydrogen) atoms. The summed E-state index contributed by atoms with van der Waals surface area (Å²) in [5.74, 6) is -3.46. The number of nitrogens with one attached hydrogen (secondary N) is 2. The molecule has 9 nitrogen and oxygen atoms in total. The van der Waals surface area contributed by atoms with Crippen LogP contribution in [-0.2, 0) is 25.7 Å². The smallest absolute Gasteiger partial charge is 0.475 e. The summed E-state index contributed by atoms with van der Waals surface area (Å²) in [4.78, 5) is 37.0. The Labute approximate surface area is 194 Å². The van der Waals surface area contributed by atoms with Crippen molar-refractivity contribution in [3.05, 3.63) is 35.7 Å². The Morgan fingerprint density at radius 1 is 1.15 bits per heavy atom. The number of carboxylic acid groups (broad SMARTS) is 1. The van der Waals surface area contributed by atoms with Crippen LogP contribution in [0.2, 0.25) is 0 Å². The van der Waals surface area contributed by atoms with Gasteiger partial charge < -0.3 is 9.84 Å². The molecule has 1 heterocycles. The molecule has 4 N–H and O–H groups in total. The summed E-state index contributed by atoms with van der Waals surface area (Å²) >= 11 is 0. The van der Waals surface area contributed by atoms with E-state index >= 15 is 0 Å². The number of esters is 1. The maximum absolute atomic E-state index is 12.8. The first-order chi connectivity index (χ1) is 16.1. The van der Waals surface area contributed by atoms with Crippen LogP contribution in [0, 0.1) is 0 Å². The Morgan fingerprint density at radius 2 is 1.76 bits per heavy atom. The molecule has 0 bridgehead atoms. The zero-order valence-corrected chi connectivity index (χ0v) is 18.4. The number of hydrogen-bond acceptors (Lipinski definition) is 7. The SMILES string of the molecule is O=C(C=Cc1ccc(CNC2(C(=O)OC3CCCC3)CCCC2)cn1)NO.O=C(O)C(F)(F)F. The highest BCUT2D eigenvalue weighted by molar-refractivity contribution is 5.90. The highest BCUT2D eigenvalue weighted by Gasteiger charge is 2.43. The fourth-order valence-corrected chi connectivity index (χ4v) is 3.81. The minimum absolute atomic E-state index is 0.0839. The molecule has 2 aliphatic carbocycles. The lowest BCUT2D eigenvalue weighted by atomic mass is 9.97. The van der Waals surface area contributed by atoms with Gasteiger partial charge in [-0.2, -0.15) is 13.2 Å². The quantitative estimate of drug-likeness (QED) is 0.199. The van der Waals surface area contributed by atoms with E-state index in [0.717, 1.165) is 56.9 Å². The second kappa shape index (κ2) is 12.5. The summed E-state index contributed by atoms with van der Waals surface area (Å²) in [6.07, 6.45) is 7.36. The van der Waals surface area contributed by atoms with Crippen molar-refractivity contribution in [2.45, 2.75) is 75.7 Å². The number of halogens is 3. The van der Waals surface area contributed by atoms with E-state index in [2.05, 4.69) is 10.3 Å². The van der Waals surface area contributed by atoms with Gasteiger partial charge in [-0.15, -0.1) is 0 Å². The molecule has 0 atom stereocenters. The highest BCUT2D eigenvalue weighted by atomic mass is 19.4. The van der Waals surface area contributed by atoms with Crippen LogP contribution in [0.4, 0.5) is 13.2 Å². The van der Waals surface area contributed by atoms with Gasteiger partial charge >= 0.3 is 18.1 Å². The maximum Gasteiger partial charge on any atom is 0.490 e. The van der Waals surface area contributed by atoms with E-state index in [4.69, 9.17) is 19.8 Å². The van der Waals surface area contributed by atoms with Crippen molar-refractivity contribution in [2.75, 3.05) is 0 Å². The highest BCUT2D eigenvalue weighted by Crippen LogP contribution is 2.33. The summed E-state index contributed by atoms with van der Waals surface area (Å²) in [7, 11) is 0. The average Bonchev–Trinajstić information content (AvgIpc) is 3.49. The van der Waals surface area contributed by atoms with Crippen LogP contribution in [0.5, 0.6) is 0 Å². The summed E-state index contributed by atoms with van der Waals surface area (Å²) in [5, 5.41) is 19.0. The zero-order chi connectivity index (χ0) is 25.2. The third kappa shape index (κ3) is 8.41. The molecular formula is C22H28F3N3O6. The van der Waals surface area contributed by atoms with E-state index in [-0.39, 0.29) is 12.1 Å². The molecular weight excluding hydrogens is 459 g/mol. The fraction of sp³-hybridized carbons (Fsp3) is 0.545. The summed E-state index contributed by atoms with van der Waals surface area (Å²) < 4.78 is 37.5. The number of rotatable bonds is 7. The monoisotopic (exact) mass is 487 g/mol. The van der Waals surface area contributed by atoms with Crippen LogP contribution in [-0.4, -0.2) is 51.0 Å². The van der Waals surface area contributed by atoms with Crippen molar-refractivity contribution < 1.29 is 42.6 Å². The molecule has 0 aliphatic heterocycles. The van der Waals surface area contributed by atoms with E-state index in [1.54, 1.807) is 12.3 Å². The molecule has 1 aromatic heterocycles. The van der Waals surface area contributed by atoms with Gasteiger partial charge in [0.15, 0.2) is 0 Å². The number of aliphatic carboxylic acids is 1. The third-order valence-corrected chi connectivity index (χ3v) is 5.66. The largest absolute Gasteiger partial charge is 0.490 e. The molecule has 1 amide bonds. The number of alkyl halides is 3. The van der Waals surface area contributed by atoms with Crippen LogP contribution in [0.3, 0.4) is 0 Å². The lowest BCUT2D eigenvalue weighted by Crippen LogP contribution is -2.51. The van der Waals surface area contributed by atoms with Gasteiger partial charge in [0, 0.05) is 18.8 Å². The van der Waals surface area contributed by atoms with Crippen LogP contribution >= 0.6 is 0 Å². The Hall–Kier alpha value is -2.99. The minimum Gasteiger partial charge on any atom is -0.475 e. The normalized spacial score (nSPS) is 17.8. The second-order valence-corrected chi connectivity index (χ2v) is 8.16. The van der Waals surface area contributed by atoms with E-state index in [1.165, 1.54) is 17.6 Å². The van der Waals surface area contributed by atoms with Crippen LogP contribution in [0.25, 0.3) is 6.08 Å². The van der Waals surface area contributed by atoms with Gasteiger partial charge in [0.2, 0.25) is 0 Å². The van der Waals surface area contributed by atoms with Crippen molar-refractivity contribution in [1.29, 1.82) is 0 Å². The minimum atomic E-state index is -5.08. The molecule has 2 aliphatic rings. The predicted octanol–water partition coefficient (Wildman–Crippen LogP) is 3.12. The number of pyridine rings is 1. The molecule has 0 unspecified atom stereocenters. The zero-order valence-electron chi connectivity index (χ0n) is 18.4. The average molecular weight is 487 g/mol. The molecule has 188 valence electrons. The van der Waals surface area contributed by atoms with Gasteiger partial charge in [0.05, 0.1) is 5.69 Å². The predicted molar refractivity (Wildman–Crippen MR) is 113 cm³/mol. The molecule has 0 saturated heterocycles. The first-order valence-corrected chi connectivity index (χ1v) is 10.9. The number of carboxylic acids is 1. The van der Waals surface area contributed by atoms with Gasteiger partial charge in [0.25, 0.3) is 5.91 Å². The Kier molecular flexibility index (Phi) is 9.99. The molecule has 12 heteroatoms. The Morgan fingerprint density at radius 3 is 2.26 bits per heavy atom. The van der Waals surface area contributed by atoms with E-state index < -0.39 is 23.6 Å². The standard InChI is InChI=1S/C20H27N3O4.C2HF3O2/c24-18(23-26)10-9-16-8-7-15(13-21-16)14-22-20(11-3-4-12-20)19(25)27-17-5-1-2-6-17;3-2(4,5)1(6)7/h7-10,13,17,22,26H,1-6,11-12,14H2,(H,23,24);(H,6,7). The number of carbonyl (C=O) groups is 3. The van der Waals surface area contributed by atoms with Crippen molar-refractivity contribution in [2.24, 2.45) is 0 Å². The Bertz CT molecular complexity index is 862. The van der Waals surface area contributed by atoms with Gasteiger partial charge in [-0.05, 0) is 56.2 Å². The number of hydrogen-bond donors (Lipinski definition) is 4. The summed E-state index contributed by atoms with van der Waals surface area (Å²) in [5.41, 5.74) is 2.52. The second-order valence-electron chi connectivity index (χ2n) is 8.16. The van der Waals surface area contributed by atoms with Gasteiger partial charge in [-0.1, -0.05) is 18.9 Å². The molecule has 2 fully saturated rings.